The van der Waals surface area contributed by atoms with Crippen LogP contribution in [0.25, 0.3) is 0 Å². The number of hydrogen-bond acceptors (Lipinski definition) is 3. The van der Waals surface area contributed by atoms with Crippen molar-refractivity contribution < 1.29 is 9.21 Å². The van der Waals surface area contributed by atoms with E-state index in [1.165, 1.54) is 5.56 Å². The molecular formula is C13H14O2S. The fourth-order valence-electron chi connectivity index (χ4n) is 1.69. The standard InChI is InChI=1S/C13H14O2S/c1-2-13-11(5-7-15-13)12(14)4-3-10-6-8-16-9-10/h5-9H,2-4H2,1H3. The summed E-state index contributed by atoms with van der Waals surface area (Å²) in [5.74, 6) is 0.979. The Morgan fingerprint density at radius 3 is 3.00 bits per heavy atom. The number of hydrogen-bond donors (Lipinski definition) is 0. The second-order valence-corrected chi connectivity index (χ2v) is 4.45. The van der Waals surface area contributed by atoms with Gasteiger partial charge in [0.25, 0.3) is 0 Å². The van der Waals surface area contributed by atoms with E-state index in [-0.39, 0.29) is 5.78 Å². The van der Waals surface area contributed by atoms with Crippen LogP contribution in [0.15, 0.2) is 33.6 Å². The lowest BCUT2D eigenvalue weighted by Crippen LogP contribution is -2.02. The summed E-state index contributed by atoms with van der Waals surface area (Å²) in [4.78, 5) is 11.9. The predicted molar refractivity (Wildman–Crippen MR) is 65.1 cm³/mol. The Labute approximate surface area is 98.9 Å². The summed E-state index contributed by atoms with van der Waals surface area (Å²) >= 11 is 1.67. The number of ketones is 1. The molecule has 2 nitrogen and oxygen atoms in total. The molecule has 0 spiro atoms. The molecule has 2 aromatic heterocycles. The van der Waals surface area contributed by atoms with Crippen LogP contribution in [0.2, 0.25) is 0 Å². The monoisotopic (exact) mass is 234 g/mol. The van der Waals surface area contributed by atoms with Crippen molar-refractivity contribution in [2.45, 2.75) is 26.2 Å². The maximum atomic E-state index is 11.9. The van der Waals surface area contributed by atoms with Gasteiger partial charge < -0.3 is 4.42 Å². The zero-order chi connectivity index (χ0) is 11.4. The number of carbonyl (C=O) groups is 1. The molecule has 0 bridgehead atoms. The van der Waals surface area contributed by atoms with Crippen LogP contribution >= 0.6 is 11.3 Å². The molecule has 0 radical (unpaired) electrons. The maximum Gasteiger partial charge on any atom is 0.166 e. The molecule has 16 heavy (non-hydrogen) atoms. The molecule has 0 aliphatic carbocycles. The van der Waals surface area contributed by atoms with Gasteiger partial charge in [-0.25, -0.2) is 0 Å². The smallest absolute Gasteiger partial charge is 0.166 e. The van der Waals surface area contributed by atoms with Crippen LogP contribution in [0.3, 0.4) is 0 Å². The van der Waals surface area contributed by atoms with Gasteiger partial charge in [-0.15, -0.1) is 0 Å². The Balaban J connectivity index is 1.98. The number of rotatable bonds is 5. The summed E-state index contributed by atoms with van der Waals surface area (Å²) in [6, 6.07) is 3.84. The zero-order valence-corrected chi connectivity index (χ0v) is 10.0. The molecule has 0 unspecified atom stereocenters. The lowest BCUT2D eigenvalue weighted by molar-refractivity contribution is 0.0981. The Morgan fingerprint density at radius 1 is 1.44 bits per heavy atom. The van der Waals surface area contributed by atoms with E-state index in [9.17, 15) is 4.79 Å². The molecule has 3 heteroatoms. The lowest BCUT2D eigenvalue weighted by Gasteiger charge is -1.99. The normalized spacial score (nSPS) is 10.6. The highest BCUT2D eigenvalue weighted by Gasteiger charge is 2.12. The highest BCUT2D eigenvalue weighted by molar-refractivity contribution is 7.07. The van der Waals surface area contributed by atoms with Crippen LogP contribution in [0.1, 0.15) is 35.0 Å². The summed E-state index contributed by atoms with van der Waals surface area (Å²) < 4.78 is 5.25. The van der Waals surface area contributed by atoms with Crippen LogP contribution in [0, 0.1) is 0 Å². The van der Waals surface area contributed by atoms with Gasteiger partial charge >= 0.3 is 0 Å². The van der Waals surface area contributed by atoms with Crippen LogP contribution < -0.4 is 0 Å². The molecule has 0 aromatic carbocycles. The molecule has 0 N–H and O–H groups in total. The average Bonchev–Trinajstić information content (AvgIpc) is 2.96. The van der Waals surface area contributed by atoms with Gasteiger partial charge in [-0.05, 0) is 34.9 Å². The van der Waals surface area contributed by atoms with Gasteiger partial charge in [0.05, 0.1) is 11.8 Å². The number of aryl methyl sites for hydroxylation is 2. The quantitative estimate of drug-likeness (QED) is 0.738. The number of carbonyl (C=O) groups excluding carboxylic acids is 1. The molecule has 0 amide bonds. The number of Topliss-reactive ketones (excluding diaryl/α,β-unsaturated/α-hetero) is 1. The van der Waals surface area contributed by atoms with E-state index in [1.54, 1.807) is 23.7 Å². The third-order valence-corrected chi connectivity index (χ3v) is 3.32. The highest BCUT2D eigenvalue weighted by Crippen LogP contribution is 2.16. The average molecular weight is 234 g/mol. The van der Waals surface area contributed by atoms with E-state index in [0.29, 0.717) is 6.42 Å². The Morgan fingerprint density at radius 2 is 2.31 bits per heavy atom. The van der Waals surface area contributed by atoms with Crippen molar-refractivity contribution in [3.05, 3.63) is 46.0 Å². The molecular weight excluding hydrogens is 220 g/mol. The molecule has 2 heterocycles. The number of thiophene rings is 1. The topological polar surface area (TPSA) is 30.2 Å². The largest absolute Gasteiger partial charge is 0.469 e. The molecule has 0 aliphatic rings. The Kier molecular flexibility index (Phi) is 3.57. The zero-order valence-electron chi connectivity index (χ0n) is 9.23. The van der Waals surface area contributed by atoms with E-state index in [2.05, 4.69) is 11.4 Å². The minimum absolute atomic E-state index is 0.178. The molecule has 0 aliphatic heterocycles. The van der Waals surface area contributed by atoms with Crippen molar-refractivity contribution >= 4 is 17.1 Å². The molecule has 0 atom stereocenters. The Bertz CT molecular complexity index is 454. The van der Waals surface area contributed by atoms with Crippen molar-refractivity contribution in [1.82, 2.24) is 0 Å². The predicted octanol–water partition coefficient (Wildman–Crippen LogP) is 3.72. The SMILES string of the molecule is CCc1occc1C(=O)CCc1ccsc1. The van der Waals surface area contributed by atoms with Gasteiger partial charge in [-0.2, -0.15) is 11.3 Å². The van der Waals surface area contributed by atoms with Crippen LogP contribution in [0.4, 0.5) is 0 Å². The van der Waals surface area contributed by atoms with Crippen molar-refractivity contribution in [3.8, 4) is 0 Å². The maximum absolute atomic E-state index is 11.9. The summed E-state index contributed by atoms with van der Waals surface area (Å²) in [5, 5.41) is 4.12. The van der Waals surface area contributed by atoms with Gasteiger partial charge in [0, 0.05) is 12.8 Å². The first-order valence-electron chi connectivity index (χ1n) is 5.42. The Hall–Kier alpha value is -1.35. The second kappa shape index (κ2) is 5.12. The molecule has 0 saturated carbocycles. The molecule has 2 rings (SSSR count). The first kappa shape index (κ1) is 11.1. The second-order valence-electron chi connectivity index (χ2n) is 3.67. The molecule has 84 valence electrons. The van der Waals surface area contributed by atoms with E-state index in [1.807, 2.05) is 12.3 Å². The van der Waals surface area contributed by atoms with Gasteiger partial charge in [-0.1, -0.05) is 6.92 Å². The van der Waals surface area contributed by atoms with Crippen LogP contribution in [-0.2, 0) is 12.8 Å². The van der Waals surface area contributed by atoms with E-state index in [4.69, 9.17) is 4.42 Å². The van der Waals surface area contributed by atoms with Crippen molar-refractivity contribution in [2.24, 2.45) is 0 Å². The van der Waals surface area contributed by atoms with Crippen LogP contribution in [0.5, 0.6) is 0 Å². The summed E-state index contributed by atoms with van der Waals surface area (Å²) in [7, 11) is 0. The summed E-state index contributed by atoms with van der Waals surface area (Å²) in [6.07, 6.45) is 3.74. The fourth-order valence-corrected chi connectivity index (χ4v) is 2.39. The first-order valence-corrected chi connectivity index (χ1v) is 6.36. The van der Waals surface area contributed by atoms with Gasteiger partial charge in [-0.3, -0.25) is 4.79 Å². The highest BCUT2D eigenvalue weighted by atomic mass is 32.1. The van der Waals surface area contributed by atoms with Crippen molar-refractivity contribution in [2.75, 3.05) is 0 Å². The first-order chi connectivity index (χ1) is 7.81. The number of furan rings is 1. The third kappa shape index (κ3) is 2.42. The third-order valence-electron chi connectivity index (χ3n) is 2.59. The van der Waals surface area contributed by atoms with Crippen molar-refractivity contribution in [1.29, 1.82) is 0 Å². The summed E-state index contributed by atoms with van der Waals surface area (Å²) in [5.41, 5.74) is 1.98. The molecule has 0 fully saturated rings. The van der Waals surface area contributed by atoms with E-state index in [0.717, 1.165) is 24.2 Å². The van der Waals surface area contributed by atoms with E-state index < -0.39 is 0 Å². The van der Waals surface area contributed by atoms with Gasteiger partial charge in [0.2, 0.25) is 0 Å². The van der Waals surface area contributed by atoms with Crippen LogP contribution in [-0.4, -0.2) is 5.78 Å². The van der Waals surface area contributed by atoms with Crippen molar-refractivity contribution in [3.63, 3.8) is 0 Å². The van der Waals surface area contributed by atoms with E-state index >= 15 is 0 Å². The minimum Gasteiger partial charge on any atom is -0.469 e. The van der Waals surface area contributed by atoms with Gasteiger partial charge in [0.1, 0.15) is 5.76 Å². The minimum atomic E-state index is 0.178. The fraction of sp³-hybridized carbons (Fsp3) is 0.308. The lowest BCUT2D eigenvalue weighted by atomic mass is 10.0. The molecule has 0 saturated heterocycles. The molecule has 2 aromatic rings. The summed E-state index contributed by atoms with van der Waals surface area (Å²) in [6.45, 7) is 1.99. The van der Waals surface area contributed by atoms with Gasteiger partial charge in [0.15, 0.2) is 5.78 Å².